The number of benzene rings is 2. The summed E-state index contributed by atoms with van der Waals surface area (Å²) in [5.74, 6) is 0.458. The van der Waals surface area contributed by atoms with Crippen molar-refractivity contribution in [2.75, 3.05) is 17.2 Å². The van der Waals surface area contributed by atoms with Crippen molar-refractivity contribution in [2.45, 2.75) is 24.9 Å². The van der Waals surface area contributed by atoms with Crippen LogP contribution in [0, 0.1) is 0 Å². The maximum absolute atomic E-state index is 12.7. The second-order valence-electron chi connectivity index (χ2n) is 6.18. The zero-order chi connectivity index (χ0) is 17.9. The van der Waals surface area contributed by atoms with Crippen molar-refractivity contribution in [1.29, 1.82) is 0 Å². The van der Waals surface area contributed by atoms with Crippen LogP contribution in [0.1, 0.15) is 18.1 Å². The molecule has 26 heavy (non-hydrogen) atoms. The average molecular weight is 364 g/mol. The van der Waals surface area contributed by atoms with E-state index in [0.717, 1.165) is 35.9 Å². The van der Waals surface area contributed by atoms with Crippen LogP contribution in [-0.4, -0.2) is 33.0 Å². The van der Waals surface area contributed by atoms with Gasteiger partial charge < -0.3 is 4.90 Å². The van der Waals surface area contributed by atoms with Gasteiger partial charge in [0.2, 0.25) is 5.91 Å². The Morgan fingerprint density at radius 1 is 1.12 bits per heavy atom. The number of para-hydroxylation sites is 2. The van der Waals surface area contributed by atoms with E-state index in [1.165, 1.54) is 22.9 Å². The maximum Gasteiger partial charge on any atom is 0.237 e. The van der Waals surface area contributed by atoms with Gasteiger partial charge in [-0.3, -0.25) is 9.36 Å². The predicted molar refractivity (Wildman–Crippen MR) is 104 cm³/mol. The van der Waals surface area contributed by atoms with Gasteiger partial charge in [0, 0.05) is 12.2 Å². The number of rotatable bonds is 5. The number of aryl methyl sites for hydroxylation is 1. The van der Waals surface area contributed by atoms with Crippen molar-refractivity contribution in [3.8, 4) is 5.69 Å². The summed E-state index contributed by atoms with van der Waals surface area (Å²) in [4.78, 5) is 14.6. The maximum atomic E-state index is 12.7. The quantitative estimate of drug-likeness (QED) is 0.650. The summed E-state index contributed by atoms with van der Waals surface area (Å²) in [7, 11) is 0. The summed E-state index contributed by atoms with van der Waals surface area (Å²) in [6.07, 6.45) is 3.57. The number of hydrogen-bond acceptors (Lipinski definition) is 4. The highest BCUT2D eigenvalue weighted by Gasteiger charge is 2.24. The molecule has 0 radical (unpaired) electrons. The number of carbonyl (C=O) groups excluding carboxylic acids is 1. The van der Waals surface area contributed by atoms with E-state index in [4.69, 9.17) is 0 Å². The molecule has 0 spiro atoms. The number of amides is 1. The number of aromatic nitrogens is 3. The molecule has 2 heterocycles. The lowest BCUT2D eigenvalue weighted by molar-refractivity contribution is -0.116. The molecule has 4 rings (SSSR count). The largest absolute Gasteiger partial charge is 0.311 e. The summed E-state index contributed by atoms with van der Waals surface area (Å²) in [6.45, 7) is 2.88. The van der Waals surface area contributed by atoms with Crippen LogP contribution in [-0.2, 0) is 17.6 Å². The molecule has 0 aliphatic carbocycles. The molecule has 0 bridgehead atoms. The lowest BCUT2D eigenvalue weighted by Gasteiger charge is -2.17. The Morgan fingerprint density at radius 2 is 1.88 bits per heavy atom. The van der Waals surface area contributed by atoms with Gasteiger partial charge in [-0.25, -0.2) is 0 Å². The van der Waals surface area contributed by atoms with Gasteiger partial charge in [-0.15, -0.1) is 10.2 Å². The molecule has 1 aliphatic rings. The SMILES string of the molecule is CCc1ccccc1-n1cnnc1SCC(=O)N1CCc2ccccc21. The third kappa shape index (κ3) is 3.12. The lowest BCUT2D eigenvalue weighted by Crippen LogP contribution is -2.30. The molecule has 0 fully saturated rings. The third-order valence-electron chi connectivity index (χ3n) is 4.66. The number of anilines is 1. The highest BCUT2D eigenvalue weighted by Crippen LogP contribution is 2.29. The second-order valence-corrected chi connectivity index (χ2v) is 7.12. The summed E-state index contributed by atoms with van der Waals surface area (Å²) in [6, 6.07) is 16.3. The molecule has 0 saturated heterocycles. The minimum absolute atomic E-state index is 0.110. The molecule has 0 saturated carbocycles. The first-order chi connectivity index (χ1) is 12.8. The van der Waals surface area contributed by atoms with E-state index in [2.05, 4.69) is 35.3 Å². The summed E-state index contributed by atoms with van der Waals surface area (Å²) in [5.41, 5.74) is 4.58. The number of thioether (sulfide) groups is 1. The molecule has 5 nitrogen and oxygen atoms in total. The Labute approximate surface area is 157 Å². The lowest BCUT2D eigenvalue weighted by atomic mass is 10.1. The van der Waals surface area contributed by atoms with Crippen LogP contribution < -0.4 is 4.90 Å². The van der Waals surface area contributed by atoms with E-state index >= 15 is 0 Å². The second kappa shape index (κ2) is 7.33. The van der Waals surface area contributed by atoms with Crippen molar-refractivity contribution in [3.63, 3.8) is 0 Å². The van der Waals surface area contributed by atoms with E-state index in [9.17, 15) is 4.79 Å². The molecule has 0 atom stereocenters. The van der Waals surface area contributed by atoms with E-state index in [-0.39, 0.29) is 5.91 Å². The monoisotopic (exact) mass is 364 g/mol. The topological polar surface area (TPSA) is 51.0 Å². The number of fused-ring (bicyclic) bond motifs is 1. The van der Waals surface area contributed by atoms with Crippen LogP contribution in [0.3, 0.4) is 0 Å². The molecule has 1 aromatic heterocycles. The number of hydrogen-bond donors (Lipinski definition) is 0. The Kier molecular flexibility index (Phi) is 4.75. The molecular weight excluding hydrogens is 344 g/mol. The van der Waals surface area contributed by atoms with Gasteiger partial charge in [-0.05, 0) is 36.1 Å². The van der Waals surface area contributed by atoms with Crippen LogP contribution in [0.4, 0.5) is 5.69 Å². The predicted octanol–water partition coefficient (Wildman–Crippen LogP) is 3.51. The molecule has 2 aromatic carbocycles. The summed E-state index contributed by atoms with van der Waals surface area (Å²) < 4.78 is 1.97. The summed E-state index contributed by atoms with van der Waals surface area (Å²) in [5, 5.41) is 9.01. The third-order valence-corrected chi connectivity index (χ3v) is 5.59. The number of carbonyl (C=O) groups is 1. The van der Waals surface area contributed by atoms with Crippen molar-refractivity contribution >= 4 is 23.4 Å². The van der Waals surface area contributed by atoms with Crippen LogP contribution in [0.2, 0.25) is 0 Å². The highest BCUT2D eigenvalue weighted by atomic mass is 32.2. The van der Waals surface area contributed by atoms with Crippen LogP contribution in [0.5, 0.6) is 0 Å². The fourth-order valence-electron chi connectivity index (χ4n) is 3.33. The normalized spacial score (nSPS) is 13.0. The Hall–Kier alpha value is -2.60. The van der Waals surface area contributed by atoms with Gasteiger partial charge >= 0.3 is 0 Å². The molecule has 1 aliphatic heterocycles. The zero-order valence-electron chi connectivity index (χ0n) is 14.6. The van der Waals surface area contributed by atoms with Gasteiger partial charge in [0.1, 0.15) is 6.33 Å². The van der Waals surface area contributed by atoms with Crippen LogP contribution >= 0.6 is 11.8 Å². The molecule has 0 N–H and O–H groups in total. The molecule has 132 valence electrons. The van der Waals surface area contributed by atoms with E-state index in [1.54, 1.807) is 6.33 Å². The van der Waals surface area contributed by atoms with Crippen molar-refractivity contribution in [1.82, 2.24) is 14.8 Å². The highest BCUT2D eigenvalue weighted by molar-refractivity contribution is 7.99. The first-order valence-corrected chi connectivity index (χ1v) is 9.76. The minimum Gasteiger partial charge on any atom is -0.311 e. The minimum atomic E-state index is 0.110. The van der Waals surface area contributed by atoms with Gasteiger partial charge in [-0.1, -0.05) is 55.1 Å². The smallest absolute Gasteiger partial charge is 0.237 e. The molecule has 3 aromatic rings. The van der Waals surface area contributed by atoms with Gasteiger partial charge in [-0.2, -0.15) is 0 Å². The fraction of sp³-hybridized carbons (Fsp3) is 0.250. The molecule has 0 unspecified atom stereocenters. The Bertz CT molecular complexity index is 937. The van der Waals surface area contributed by atoms with Gasteiger partial charge in [0.15, 0.2) is 5.16 Å². The zero-order valence-corrected chi connectivity index (χ0v) is 15.4. The van der Waals surface area contributed by atoms with Crippen molar-refractivity contribution in [3.05, 3.63) is 66.0 Å². The fourth-order valence-corrected chi connectivity index (χ4v) is 4.13. The molecular formula is C20H20N4OS. The number of nitrogens with zero attached hydrogens (tertiary/aromatic N) is 4. The first kappa shape index (κ1) is 16.8. The van der Waals surface area contributed by atoms with E-state index in [1.807, 2.05) is 39.8 Å². The van der Waals surface area contributed by atoms with Crippen molar-refractivity contribution in [2.24, 2.45) is 0 Å². The van der Waals surface area contributed by atoms with Gasteiger partial charge in [0.05, 0.1) is 11.4 Å². The first-order valence-electron chi connectivity index (χ1n) is 8.77. The van der Waals surface area contributed by atoms with E-state index in [0.29, 0.717) is 5.75 Å². The van der Waals surface area contributed by atoms with Crippen LogP contribution in [0.25, 0.3) is 5.69 Å². The van der Waals surface area contributed by atoms with Gasteiger partial charge in [0.25, 0.3) is 0 Å². The molecule has 6 heteroatoms. The van der Waals surface area contributed by atoms with Crippen LogP contribution in [0.15, 0.2) is 60.0 Å². The average Bonchev–Trinajstić information content (AvgIpc) is 3.33. The standard InChI is InChI=1S/C20H20N4OS/c1-2-15-7-3-5-9-17(15)24-14-21-22-20(24)26-13-19(25)23-12-11-16-8-4-6-10-18(16)23/h3-10,14H,2,11-13H2,1H3. The van der Waals surface area contributed by atoms with E-state index < -0.39 is 0 Å². The molecule has 1 amide bonds. The Balaban J connectivity index is 1.50. The summed E-state index contributed by atoms with van der Waals surface area (Å²) >= 11 is 1.44. The van der Waals surface area contributed by atoms with Crippen molar-refractivity contribution < 1.29 is 4.79 Å². The Morgan fingerprint density at radius 3 is 2.73 bits per heavy atom.